The number of carbonyl (C=O) groups is 3. The average Bonchev–Trinajstić information content (AvgIpc) is 3.37. The maximum atomic E-state index is 12.1. The van der Waals surface area contributed by atoms with Gasteiger partial charge in [-0.2, -0.15) is 0 Å². The number of likely N-dealkylation sites (tertiary alicyclic amines) is 1. The predicted octanol–water partition coefficient (Wildman–Crippen LogP) is 3.14. The third-order valence-electron chi connectivity index (χ3n) is 4.48. The monoisotopic (exact) mass is 427 g/mol. The second-order valence-corrected chi connectivity index (χ2v) is 8.19. The molecular weight excluding hydrogens is 410 g/mol. The molecule has 1 aliphatic rings. The molecule has 1 aromatic carbocycles. The number of rotatable bonds is 6. The summed E-state index contributed by atoms with van der Waals surface area (Å²) in [6.45, 7) is -0.0265. The summed E-state index contributed by atoms with van der Waals surface area (Å²) < 4.78 is 5.05. The normalized spacial score (nSPS) is 13.8. The summed E-state index contributed by atoms with van der Waals surface area (Å²) in [6, 6.07) is 9.92. The number of hydrogen-bond acceptors (Lipinski definition) is 8. The van der Waals surface area contributed by atoms with E-state index in [2.05, 4.69) is 9.97 Å². The molecule has 0 unspecified atom stereocenters. The number of ether oxygens (including phenoxy) is 1. The number of benzene rings is 1. The molecule has 2 aromatic heterocycles. The molecule has 1 fully saturated rings. The minimum Gasteiger partial charge on any atom is -0.455 e. The molecule has 0 spiro atoms. The van der Waals surface area contributed by atoms with Crippen LogP contribution in [0.5, 0.6) is 0 Å². The van der Waals surface area contributed by atoms with Crippen LogP contribution < -0.4 is 0 Å². The van der Waals surface area contributed by atoms with Gasteiger partial charge in [-0.3, -0.25) is 19.3 Å². The van der Waals surface area contributed by atoms with Gasteiger partial charge in [-0.1, -0.05) is 42.1 Å². The van der Waals surface area contributed by atoms with E-state index in [9.17, 15) is 14.4 Å². The molecule has 4 rings (SSSR count). The molecule has 9 heteroatoms. The second-order valence-electron chi connectivity index (χ2n) is 6.37. The number of esters is 1. The predicted molar refractivity (Wildman–Crippen MR) is 110 cm³/mol. The zero-order valence-corrected chi connectivity index (χ0v) is 17.0. The summed E-state index contributed by atoms with van der Waals surface area (Å²) in [5.41, 5.74) is 2.07. The molecule has 0 N–H and O–H groups in total. The highest BCUT2D eigenvalue weighted by Crippen LogP contribution is 2.37. The van der Waals surface area contributed by atoms with Crippen molar-refractivity contribution in [1.82, 2.24) is 14.9 Å². The van der Waals surface area contributed by atoms with E-state index in [4.69, 9.17) is 4.74 Å². The number of amides is 2. The molecule has 2 amide bonds. The molecular formula is C20H17N3O4S2. The van der Waals surface area contributed by atoms with E-state index in [1.807, 2.05) is 35.7 Å². The number of nitrogens with zero attached hydrogens (tertiary/aromatic N) is 3. The van der Waals surface area contributed by atoms with Crippen molar-refractivity contribution in [2.45, 2.75) is 17.9 Å². The quantitative estimate of drug-likeness (QED) is 0.339. The van der Waals surface area contributed by atoms with Crippen molar-refractivity contribution >= 4 is 51.1 Å². The molecule has 148 valence electrons. The Labute approximate surface area is 175 Å². The maximum Gasteiger partial charge on any atom is 0.316 e. The van der Waals surface area contributed by atoms with E-state index >= 15 is 0 Å². The summed E-state index contributed by atoms with van der Waals surface area (Å²) in [5, 5.41) is 3.62. The van der Waals surface area contributed by atoms with Crippen LogP contribution >= 0.6 is 23.1 Å². The van der Waals surface area contributed by atoms with Crippen LogP contribution in [0, 0.1) is 0 Å². The van der Waals surface area contributed by atoms with E-state index in [0.717, 1.165) is 26.2 Å². The Balaban J connectivity index is 1.42. The Hall–Kier alpha value is -2.78. The van der Waals surface area contributed by atoms with Crippen LogP contribution in [0.1, 0.15) is 12.8 Å². The SMILES string of the molecule is O=C(CSc1ncnc2scc(-c3ccccc3)c12)OCC(=O)N1CCCC1=O. The number of aromatic nitrogens is 2. The highest BCUT2D eigenvalue weighted by molar-refractivity contribution is 8.00. The summed E-state index contributed by atoms with van der Waals surface area (Å²) in [4.78, 5) is 46.3. The Morgan fingerprint density at radius 3 is 2.79 bits per heavy atom. The third-order valence-corrected chi connectivity index (χ3v) is 6.33. The summed E-state index contributed by atoms with van der Waals surface area (Å²) >= 11 is 2.77. The van der Waals surface area contributed by atoms with Gasteiger partial charge in [-0.05, 0) is 12.0 Å². The first-order chi connectivity index (χ1) is 14.1. The Bertz CT molecular complexity index is 1070. The van der Waals surface area contributed by atoms with Crippen LogP contribution in [0.15, 0.2) is 47.1 Å². The van der Waals surface area contributed by atoms with E-state index in [1.54, 1.807) is 0 Å². The van der Waals surface area contributed by atoms with E-state index in [1.165, 1.54) is 29.4 Å². The lowest BCUT2D eigenvalue weighted by molar-refractivity contribution is -0.153. The van der Waals surface area contributed by atoms with Crippen LogP contribution in [-0.4, -0.2) is 51.6 Å². The molecule has 0 saturated carbocycles. The largest absolute Gasteiger partial charge is 0.455 e. The van der Waals surface area contributed by atoms with Crippen molar-refractivity contribution in [3.63, 3.8) is 0 Å². The van der Waals surface area contributed by atoms with E-state index in [0.29, 0.717) is 24.4 Å². The average molecular weight is 428 g/mol. The van der Waals surface area contributed by atoms with E-state index in [-0.39, 0.29) is 11.7 Å². The van der Waals surface area contributed by atoms with Crippen LogP contribution in [-0.2, 0) is 19.1 Å². The Kier molecular flexibility index (Phi) is 5.86. The molecule has 1 saturated heterocycles. The number of thiophene rings is 1. The number of fused-ring (bicyclic) bond motifs is 1. The second kappa shape index (κ2) is 8.71. The summed E-state index contributed by atoms with van der Waals surface area (Å²) in [6.07, 6.45) is 2.50. The highest BCUT2D eigenvalue weighted by atomic mass is 32.2. The molecule has 7 nitrogen and oxygen atoms in total. The Morgan fingerprint density at radius 2 is 2.03 bits per heavy atom. The van der Waals surface area contributed by atoms with Gasteiger partial charge in [-0.25, -0.2) is 9.97 Å². The lowest BCUT2D eigenvalue weighted by Crippen LogP contribution is -2.35. The standard InChI is InChI=1S/C20H17N3O4S2/c24-15-7-4-8-23(15)16(25)9-27-17(26)11-29-20-18-14(13-5-2-1-3-6-13)10-28-19(18)21-12-22-20/h1-3,5-6,10,12H,4,7-9,11H2. The minimum atomic E-state index is -0.529. The molecule has 3 heterocycles. The fraction of sp³-hybridized carbons (Fsp3) is 0.250. The maximum absolute atomic E-state index is 12.1. The van der Waals surface area contributed by atoms with Gasteiger partial charge >= 0.3 is 5.97 Å². The minimum absolute atomic E-state index is 0.0113. The summed E-state index contributed by atoms with van der Waals surface area (Å²) in [5.74, 6) is -1.20. The first kappa shape index (κ1) is 19.5. The number of hydrogen-bond donors (Lipinski definition) is 0. The van der Waals surface area contributed by atoms with E-state index < -0.39 is 18.5 Å². The number of carbonyl (C=O) groups excluding carboxylic acids is 3. The molecule has 0 radical (unpaired) electrons. The van der Waals surface area contributed by atoms with Gasteiger partial charge in [0.25, 0.3) is 5.91 Å². The van der Waals surface area contributed by atoms with Gasteiger partial charge in [0.1, 0.15) is 16.2 Å². The van der Waals surface area contributed by atoms with Gasteiger partial charge in [0.05, 0.1) is 11.1 Å². The fourth-order valence-corrected chi connectivity index (χ4v) is 4.88. The smallest absolute Gasteiger partial charge is 0.316 e. The molecule has 0 atom stereocenters. The molecule has 3 aromatic rings. The van der Waals surface area contributed by atoms with Crippen molar-refractivity contribution in [3.8, 4) is 11.1 Å². The van der Waals surface area contributed by atoms with Crippen molar-refractivity contribution in [2.75, 3.05) is 18.9 Å². The Morgan fingerprint density at radius 1 is 1.21 bits per heavy atom. The van der Waals surface area contributed by atoms with Crippen LogP contribution in [0.3, 0.4) is 0 Å². The summed E-state index contributed by atoms with van der Waals surface area (Å²) in [7, 11) is 0. The van der Waals surface area contributed by atoms with Crippen LogP contribution in [0.2, 0.25) is 0 Å². The van der Waals surface area contributed by atoms with Crippen molar-refractivity contribution in [1.29, 1.82) is 0 Å². The zero-order chi connectivity index (χ0) is 20.2. The molecule has 1 aliphatic heterocycles. The third kappa shape index (κ3) is 4.30. The lowest BCUT2D eigenvalue weighted by Gasteiger charge is -2.13. The van der Waals surface area contributed by atoms with Crippen LogP contribution in [0.4, 0.5) is 0 Å². The zero-order valence-electron chi connectivity index (χ0n) is 15.4. The lowest BCUT2D eigenvalue weighted by atomic mass is 10.1. The molecule has 29 heavy (non-hydrogen) atoms. The topological polar surface area (TPSA) is 89.5 Å². The first-order valence-corrected chi connectivity index (χ1v) is 10.9. The van der Waals surface area contributed by atoms with Crippen molar-refractivity contribution in [2.24, 2.45) is 0 Å². The van der Waals surface area contributed by atoms with Crippen molar-refractivity contribution < 1.29 is 19.1 Å². The van der Waals surface area contributed by atoms with Crippen LogP contribution in [0.25, 0.3) is 21.3 Å². The van der Waals surface area contributed by atoms with Gasteiger partial charge in [0.15, 0.2) is 6.61 Å². The van der Waals surface area contributed by atoms with Crippen molar-refractivity contribution in [3.05, 3.63) is 42.0 Å². The van der Waals surface area contributed by atoms with Gasteiger partial charge in [-0.15, -0.1) is 11.3 Å². The van der Waals surface area contributed by atoms with Gasteiger partial charge in [0.2, 0.25) is 5.91 Å². The molecule has 0 aliphatic carbocycles. The number of imide groups is 1. The van der Waals surface area contributed by atoms with Gasteiger partial charge < -0.3 is 4.74 Å². The molecule has 0 bridgehead atoms. The van der Waals surface area contributed by atoms with Gasteiger partial charge in [0, 0.05) is 23.9 Å². The first-order valence-electron chi connectivity index (χ1n) is 9.02. The number of thioether (sulfide) groups is 1. The highest BCUT2D eigenvalue weighted by Gasteiger charge is 2.27. The fourth-order valence-electron chi connectivity index (χ4n) is 3.09.